The maximum Gasteiger partial charge on any atom is 0.220 e. The van der Waals surface area contributed by atoms with Crippen molar-refractivity contribution in [3.8, 4) is 5.75 Å². The number of ether oxygens (including phenoxy) is 1. The van der Waals surface area contributed by atoms with Gasteiger partial charge in [0.2, 0.25) is 5.91 Å². The van der Waals surface area contributed by atoms with E-state index >= 15 is 0 Å². The maximum atomic E-state index is 11.7. The van der Waals surface area contributed by atoms with E-state index < -0.39 is 0 Å². The van der Waals surface area contributed by atoms with E-state index in [1.165, 1.54) is 0 Å². The van der Waals surface area contributed by atoms with E-state index in [0.29, 0.717) is 25.3 Å². The summed E-state index contributed by atoms with van der Waals surface area (Å²) in [5.74, 6) is 0.705. The number of hydrogen-bond acceptors (Lipinski definition) is 5. The highest BCUT2D eigenvalue weighted by Crippen LogP contribution is 2.32. The molecule has 1 aromatic carbocycles. The molecule has 0 spiro atoms. The number of pyridine rings is 2. The number of nitrogens with one attached hydrogen (secondary N) is 1. The van der Waals surface area contributed by atoms with Crippen molar-refractivity contribution in [1.29, 1.82) is 0 Å². The van der Waals surface area contributed by atoms with E-state index in [2.05, 4.69) is 33.9 Å². The van der Waals surface area contributed by atoms with Crippen LogP contribution in [0.15, 0.2) is 55.3 Å². The molecule has 0 bridgehead atoms. The lowest BCUT2D eigenvalue weighted by Crippen LogP contribution is -2.23. The van der Waals surface area contributed by atoms with Crippen LogP contribution in [0.1, 0.15) is 41.4 Å². The molecule has 6 nitrogen and oxygen atoms in total. The average molecular weight is 445 g/mol. The molecule has 3 aromatic rings. The van der Waals surface area contributed by atoms with Gasteiger partial charge in [0.25, 0.3) is 0 Å². The van der Waals surface area contributed by atoms with Crippen molar-refractivity contribution in [2.45, 2.75) is 40.3 Å². The van der Waals surface area contributed by atoms with Gasteiger partial charge in [-0.3, -0.25) is 9.78 Å². The maximum absolute atomic E-state index is 11.7. The number of carbonyl (C=O) groups excluding carboxylic acids is 1. The molecule has 0 saturated heterocycles. The number of allylic oxidation sites excluding steroid dienone is 2. The normalized spacial score (nSPS) is 11.4. The molecule has 3 rings (SSSR count). The van der Waals surface area contributed by atoms with Crippen LogP contribution in [0.25, 0.3) is 16.6 Å². The first-order chi connectivity index (χ1) is 15.8. The fourth-order valence-corrected chi connectivity index (χ4v) is 3.72. The SMILES string of the molecule is C=C/C=C(/c1cc(C)nc2c(OCc3c(C)ccnc3CNC(=O)CC)cccc12)N(C)C. The third kappa shape index (κ3) is 5.58. The van der Waals surface area contributed by atoms with Crippen LogP contribution in [0.3, 0.4) is 0 Å². The summed E-state index contributed by atoms with van der Waals surface area (Å²) in [6, 6.07) is 10.0. The topological polar surface area (TPSA) is 67.4 Å². The molecule has 1 N–H and O–H groups in total. The number of amides is 1. The Kier molecular flexibility index (Phi) is 7.83. The Balaban J connectivity index is 1.98. The molecular formula is C27H32N4O2. The Morgan fingerprint density at radius 3 is 2.73 bits per heavy atom. The summed E-state index contributed by atoms with van der Waals surface area (Å²) in [6.07, 6.45) is 5.99. The predicted molar refractivity (Wildman–Crippen MR) is 134 cm³/mol. The van der Waals surface area contributed by atoms with Gasteiger partial charge in [0.05, 0.1) is 12.2 Å². The molecule has 0 saturated carbocycles. The van der Waals surface area contributed by atoms with Crippen molar-refractivity contribution in [1.82, 2.24) is 20.2 Å². The third-order valence-corrected chi connectivity index (χ3v) is 5.49. The highest BCUT2D eigenvalue weighted by atomic mass is 16.5. The number of rotatable bonds is 9. The van der Waals surface area contributed by atoms with Gasteiger partial charge in [-0.15, -0.1) is 0 Å². The summed E-state index contributed by atoms with van der Waals surface area (Å²) in [7, 11) is 4.03. The second-order valence-electron chi connectivity index (χ2n) is 8.12. The van der Waals surface area contributed by atoms with Crippen LogP contribution in [-0.2, 0) is 17.9 Å². The fraction of sp³-hybridized carbons (Fsp3) is 0.296. The Morgan fingerprint density at radius 2 is 2.03 bits per heavy atom. The summed E-state index contributed by atoms with van der Waals surface area (Å²) in [4.78, 5) is 23.1. The number of carbonyl (C=O) groups is 1. The van der Waals surface area contributed by atoms with Crippen LogP contribution in [0.4, 0.5) is 0 Å². The summed E-state index contributed by atoms with van der Waals surface area (Å²) in [5, 5.41) is 3.92. The van der Waals surface area contributed by atoms with Gasteiger partial charge in [-0.1, -0.05) is 31.7 Å². The molecule has 0 radical (unpaired) electrons. The largest absolute Gasteiger partial charge is 0.487 e. The summed E-state index contributed by atoms with van der Waals surface area (Å²) in [5.41, 5.74) is 6.70. The first-order valence-corrected chi connectivity index (χ1v) is 11.1. The van der Waals surface area contributed by atoms with Gasteiger partial charge >= 0.3 is 0 Å². The summed E-state index contributed by atoms with van der Waals surface area (Å²) >= 11 is 0. The lowest BCUT2D eigenvalue weighted by molar-refractivity contribution is -0.120. The molecule has 0 atom stereocenters. The van der Waals surface area contributed by atoms with Gasteiger partial charge in [0.1, 0.15) is 17.9 Å². The molecule has 0 unspecified atom stereocenters. The molecule has 2 aromatic heterocycles. The van der Waals surface area contributed by atoms with Gasteiger partial charge in [-0.25, -0.2) is 4.98 Å². The van der Waals surface area contributed by atoms with Crippen LogP contribution >= 0.6 is 0 Å². The molecule has 6 heteroatoms. The predicted octanol–water partition coefficient (Wildman–Crippen LogP) is 4.94. The summed E-state index contributed by atoms with van der Waals surface area (Å²) < 4.78 is 6.30. The molecule has 0 aliphatic heterocycles. The van der Waals surface area contributed by atoms with Gasteiger partial charge in [0.15, 0.2) is 0 Å². The Morgan fingerprint density at radius 1 is 1.24 bits per heavy atom. The number of fused-ring (bicyclic) bond motifs is 1. The molecule has 0 fully saturated rings. The van der Waals surface area contributed by atoms with E-state index in [1.54, 1.807) is 12.3 Å². The molecule has 1 amide bonds. The van der Waals surface area contributed by atoms with Crippen molar-refractivity contribution in [2.24, 2.45) is 0 Å². The molecule has 2 heterocycles. The lowest BCUT2D eigenvalue weighted by Gasteiger charge is -2.20. The van der Waals surface area contributed by atoms with Crippen LogP contribution in [-0.4, -0.2) is 34.9 Å². The van der Waals surface area contributed by atoms with E-state index in [0.717, 1.165) is 44.7 Å². The van der Waals surface area contributed by atoms with Crippen molar-refractivity contribution in [3.63, 3.8) is 0 Å². The van der Waals surface area contributed by atoms with Gasteiger partial charge < -0.3 is 15.0 Å². The quantitative estimate of drug-likeness (QED) is 0.474. The third-order valence-electron chi connectivity index (χ3n) is 5.49. The van der Waals surface area contributed by atoms with Crippen molar-refractivity contribution >= 4 is 22.5 Å². The van der Waals surface area contributed by atoms with E-state index in [-0.39, 0.29) is 5.91 Å². The number of benzene rings is 1. The van der Waals surface area contributed by atoms with E-state index in [1.807, 2.05) is 59.1 Å². The minimum atomic E-state index is -0.00397. The summed E-state index contributed by atoms with van der Waals surface area (Å²) in [6.45, 7) is 10.4. The molecular weight excluding hydrogens is 412 g/mol. The first kappa shape index (κ1) is 24.0. The van der Waals surface area contributed by atoms with E-state index in [4.69, 9.17) is 9.72 Å². The number of aryl methyl sites for hydroxylation is 2. The Labute approximate surface area is 196 Å². The minimum Gasteiger partial charge on any atom is -0.487 e. The second-order valence-corrected chi connectivity index (χ2v) is 8.12. The van der Waals surface area contributed by atoms with Crippen LogP contribution in [0.2, 0.25) is 0 Å². The van der Waals surface area contributed by atoms with Crippen molar-refractivity contribution < 1.29 is 9.53 Å². The Bertz CT molecular complexity index is 1200. The number of hydrogen-bond donors (Lipinski definition) is 1. The zero-order valence-corrected chi connectivity index (χ0v) is 20.1. The van der Waals surface area contributed by atoms with Gasteiger partial charge in [0, 0.05) is 54.6 Å². The highest BCUT2D eigenvalue weighted by molar-refractivity contribution is 5.94. The van der Waals surface area contributed by atoms with Gasteiger partial charge in [-0.2, -0.15) is 0 Å². The minimum absolute atomic E-state index is 0.00397. The smallest absolute Gasteiger partial charge is 0.220 e. The van der Waals surface area contributed by atoms with E-state index in [9.17, 15) is 4.79 Å². The Hall–Kier alpha value is -3.67. The molecule has 0 aliphatic rings. The standard InChI is InChI=1S/C27H32N4O2/c1-7-10-24(31(5)6)21-15-19(4)30-27-20(21)11-9-12-25(27)33-17-22-18(3)13-14-28-23(22)16-29-26(32)8-2/h7,9-15H,1,8,16-17H2,2-6H3,(H,29,32)/b24-10-. The molecule has 0 aliphatic carbocycles. The first-order valence-electron chi connectivity index (χ1n) is 11.1. The zero-order valence-electron chi connectivity index (χ0n) is 20.1. The highest BCUT2D eigenvalue weighted by Gasteiger charge is 2.15. The van der Waals surface area contributed by atoms with Gasteiger partial charge in [-0.05, 0) is 43.7 Å². The van der Waals surface area contributed by atoms with Crippen LogP contribution in [0, 0.1) is 13.8 Å². The molecule has 33 heavy (non-hydrogen) atoms. The van der Waals surface area contributed by atoms with Crippen LogP contribution < -0.4 is 10.1 Å². The molecule has 172 valence electrons. The second kappa shape index (κ2) is 10.8. The number of aromatic nitrogens is 2. The number of para-hydroxylation sites is 1. The van der Waals surface area contributed by atoms with Crippen LogP contribution in [0.5, 0.6) is 5.75 Å². The number of nitrogens with zero attached hydrogens (tertiary/aromatic N) is 3. The average Bonchev–Trinajstić information content (AvgIpc) is 2.79. The zero-order chi connectivity index (χ0) is 24.0. The van der Waals surface area contributed by atoms with Crippen molar-refractivity contribution in [3.05, 3.63) is 83.3 Å². The fourth-order valence-electron chi connectivity index (χ4n) is 3.72. The lowest BCUT2D eigenvalue weighted by atomic mass is 10.0. The monoisotopic (exact) mass is 444 g/mol. The van der Waals surface area contributed by atoms with Crippen molar-refractivity contribution in [2.75, 3.05) is 14.1 Å².